The van der Waals surface area contributed by atoms with Gasteiger partial charge in [0.15, 0.2) is 0 Å². The molecular weight excluding hydrogens is 268 g/mol. The summed E-state index contributed by atoms with van der Waals surface area (Å²) in [5.41, 5.74) is 9.11. The van der Waals surface area contributed by atoms with E-state index in [1.807, 2.05) is 31.2 Å². The molecule has 7 nitrogen and oxygen atoms in total. The standard InChI is InChI=1S/C14H14N6O/c1-2-21-11-5-9(7-16-8-11)12-4-3-10(15)6-13(12)14-17-19-20-18-14/h3-8H,2,15H2,1H3,(H,17,18,19,20). The number of nitrogens with two attached hydrogens (primary N) is 1. The first-order valence-electron chi connectivity index (χ1n) is 6.49. The first-order chi connectivity index (χ1) is 10.3. The van der Waals surface area contributed by atoms with Gasteiger partial charge in [0, 0.05) is 23.0 Å². The number of anilines is 1. The quantitative estimate of drug-likeness (QED) is 0.708. The number of hydrogen-bond acceptors (Lipinski definition) is 6. The molecule has 0 aliphatic heterocycles. The number of H-pyrrole nitrogens is 1. The van der Waals surface area contributed by atoms with Gasteiger partial charge in [-0.05, 0) is 35.9 Å². The lowest BCUT2D eigenvalue weighted by Crippen LogP contribution is -1.95. The number of aromatic nitrogens is 5. The Morgan fingerprint density at radius 1 is 1.19 bits per heavy atom. The summed E-state index contributed by atoms with van der Waals surface area (Å²) in [4.78, 5) is 4.20. The molecule has 3 aromatic rings. The van der Waals surface area contributed by atoms with Gasteiger partial charge in [0.1, 0.15) is 5.75 Å². The third-order valence-corrected chi connectivity index (χ3v) is 2.97. The normalized spacial score (nSPS) is 10.5. The van der Waals surface area contributed by atoms with Crippen LogP contribution in [0, 0.1) is 0 Å². The Kier molecular flexibility index (Phi) is 3.46. The smallest absolute Gasteiger partial charge is 0.205 e. The van der Waals surface area contributed by atoms with Crippen molar-refractivity contribution in [3.63, 3.8) is 0 Å². The molecule has 0 spiro atoms. The van der Waals surface area contributed by atoms with E-state index in [0.717, 1.165) is 16.7 Å². The lowest BCUT2D eigenvalue weighted by atomic mass is 10.00. The van der Waals surface area contributed by atoms with Gasteiger partial charge in [0.2, 0.25) is 5.82 Å². The Labute approximate surface area is 121 Å². The maximum absolute atomic E-state index is 5.86. The lowest BCUT2D eigenvalue weighted by Gasteiger charge is -2.09. The summed E-state index contributed by atoms with van der Waals surface area (Å²) in [5, 5.41) is 14.1. The van der Waals surface area contributed by atoms with E-state index in [1.165, 1.54) is 0 Å². The number of benzene rings is 1. The van der Waals surface area contributed by atoms with Crippen molar-refractivity contribution in [1.82, 2.24) is 25.6 Å². The average Bonchev–Trinajstić information content (AvgIpc) is 3.02. The minimum Gasteiger partial charge on any atom is -0.492 e. The monoisotopic (exact) mass is 282 g/mol. The second-order valence-corrected chi connectivity index (χ2v) is 4.38. The summed E-state index contributed by atoms with van der Waals surface area (Å²) >= 11 is 0. The number of hydrogen-bond donors (Lipinski definition) is 2. The van der Waals surface area contributed by atoms with Crippen molar-refractivity contribution in [2.45, 2.75) is 6.92 Å². The molecule has 0 unspecified atom stereocenters. The lowest BCUT2D eigenvalue weighted by molar-refractivity contribution is 0.339. The van der Waals surface area contributed by atoms with E-state index in [1.54, 1.807) is 12.4 Å². The Bertz CT molecular complexity index is 741. The third-order valence-electron chi connectivity index (χ3n) is 2.97. The van der Waals surface area contributed by atoms with Crippen molar-refractivity contribution in [2.24, 2.45) is 0 Å². The van der Waals surface area contributed by atoms with E-state index in [0.29, 0.717) is 23.9 Å². The van der Waals surface area contributed by atoms with Crippen LogP contribution in [0.4, 0.5) is 5.69 Å². The van der Waals surface area contributed by atoms with Gasteiger partial charge in [-0.25, -0.2) is 0 Å². The van der Waals surface area contributed by atoms with E-state index < -0.39 is 0 Å². The molecule has 0 aliphatic carbocycles. The molecule has 0 bridgehead atoms. The molecule has 106 valence electrons. The van der Waals surface area contributed by atoms with Gasteiger partial charge in [0.25, 0.3) is 0 Å². The fourth-order valence-corrected chi connectivity index (χ4v) is 2.09. The van der Waals surface area contributed by atoms with Gasteiger partial charge in [0.05, 0.1) is 12.8 Å². The van der Waals surface area contributed by atoms with Crippen LogP contribution in [-0.4, -0.2) is 32.2 Å². The number of nitrogens with zero attached hydrogens (tertiary/aromatic N) is 4. The summed E-state index contributed by atoms with van der Waals surface area (Å²) in [6, 6.07) is 7.47. The zero-order chi connectivity index (χ0) is 14.7. The third kappa shape index (κ3) is 2.66. The molecule has 1 aromatic carbocycles. The second-order valence-electron chi connectivity index (χ2n) is 4.38. The van der Waals surface area contributed by atoms with Gasteiger partial charge in [-0.15, -0.1) is 10.2 Å². The zero-order valence-corrected chi connectivity index (χ0v) is 11.4. The molecule has 0 aliphatic rings. The fourth-order valence-electron chi connectivity index (χ4n) is 2.09. The maximum atomic E-state index is 5.86. The van der Waals surface area contributed by atoms with Crippen LogP contribution < -0.4 is 10.5 Å². The fraction of sp³-hybridized carbons (Fsp3) is 0.143. The number of nitrogen functional groups attached to an aromatic ring is 1. The Morgan fingerprint density at radius 3 is 2.86 bits per heavy atom. The average molecular weight is 282 g/mol. The van der Waals surface area contributed by atoms with Crippen LogP contribution in [-0.2, 0) is 0 Å². The van der Waals surface area contributed by atoms with Gasteiger partial charge in [-0.2, -0.15) is 5.21 Å². The molecular formula is C14H14N6O. The van der Waals surface area contributed by atoms with Crippen LogP contribution in [0.3, 0.4) is 0 Å². The van der Waals surface area contributed by atoms with Gasteiger partial charge in [-0.3, -0.25) is 4.98 Å². The van der Waals surface area contributed by atoms with Crippen molar-refractivity contribution in [3.8, 4) is 28.3 Å². The van der Waals surface area contributed by atoms with Crippen LogP contribution in [0.25, 0.3) is 22.5 Å². The van der Waals surface area contributed by atoms with Crippen LogP contribution >= 0.6 is 0 Å². The van der Waals surface area contributed by atoms with E-state index in [-0.39, 0.29) is 0 Å². The van der Waals surface area contributed by atoms with Crippen LogP contribution in [0.5, 0.6) is 5.75 Å². The molecule has 0 saturated heterocycles. The van der Waals surface area contributed by atoms with Gasteiger partial charge >= 0.3 is 0 Å². The number of aromatic amines is 1. The maximum Gasteiger partial charge on any atom is 0.205 e. The van der Waals surface area contributed by atoms with E-state index in [4.69, 9.17) is 10.5 Å². The SMILES string of the molecule is CCOc1cncc(-c2ccc(N)cc2-c2nn[nH]n2)c1. The summed E-state index contributed by atoms with van der Waals surface area (Å²) in [5.74, 6) is 1.20. The van der Waals surface area contributed by atoms with Crippen molar-refractivity contribution in [3.05, 3.63) is 36.7 Å². The van der Waals surface area contributed by atoms with Crippen LogP contribution in [0.2, 0.25) is 0 Å². The molecule has 3 rings (SSSR count). The first-order valence-corrected chi connectivity index (χ1v) is 6.49. The van der Waals surface area contributed by atoms with Crippen molar-refractivity contribution in [1.29, 1.82) is 0 Å². The first kappa shape index (κ1) is 13.0. The zero-order valence-electron chi connectivity index (χ0n) is 11.4. The summed E-state index contributed by atoms with van der Waals surface area (Å²) in [6.45, 7) is 2.52. The molecule has 2 heterocycles. The number of pyridine rings is 1. The van der Waals surface area contributed by atoms with Crippen LogP contribution in [0.15, 0.2) is 36.7 Å². The molecule has 0 atom stereocenters. The van der Waals surface area contributed by atoms with Crippen LogP contribution in [0.1, 0.15) is 6.92 Å². The van der Waals surface area contributed by atoms with Crippen molar-refractivity contribution in [2.75, 3.05) is 12.3 Å². The van der Waals surface area contributed by atoms with Crippen molar-refractivity contribution < 1.29 is 4.74 Å². The highest BCUT2D eigenvalue weighted by Gasteiger charge is 2.12. The highest BCUT2D eigenvalue weighted by Crippen LogP contribution is 2.32. The molecule has 7 heteroatoms. The number of rotatable bonds is 4. The predicted octanol–water partition coefficient (Wildman–Crippen LogP) is 1.91. The molecule has 0 amide bonds. The molecule has 2 aromatic heterocycles. The van der Waals surface area contributed by atoms with Crippen molar-refractivity contribution >= 4 is 5.69 Å². The summed E-state index contributed by atoms with van der Waals surface area (Å²) < 4.78 is 5.49. The number of ether oxygens (including phenoxy) is 1. The topological polar surface area (TPSA) is 103 Å². The summed E-state index contributed by atoms with van der Waals surface area (Å²) in [7, 11) is 0. The molecule has 0 radical (unpaired) electrons. The van der Waals surface area contributed by atoms with E-state index in [9.17, 15) is 0 Å². The number of nitrogens with one attached hydrogen (secondary N) is 1. The largest absolute Gasteiger partial charge is 0.492 e. The Morgan fingerprint density at radius 2 is 2.10 bits per heavy atom. The van der Waals surface area contributed by atoms with E-state index in [2.05, 4.69) is 25.6 Å². The van der Waals surface area contributed by atoms with Gasteiger partial charge in [-0.1, -0.05) is 6.07 Å². The highest BCUT2D eigenvalue weighted by molar-refractivity contribution is 5.82. The summed E-state index contributed by atoms with van der Waals surface area (Å²) in [6.07, 6.45) is 3.44. The minimum absolute atomic E-state index is 0.485. The highest BCUT2D eigenvalue weighted by atomic mass is 16.5. The van der Waals surface area contributed by atoms with E-state index >= 15 is 0 Å². The van der Waals surface area contributed by atoms with Gasteiger partial charge < -0.3 is 10.5 Å². The molecule has 21 heavy (non-hydrogen) atoms. The molecule has 0 fully saturated rings. The second kappa shape index (κ2) is 5.58. The molecule has 3 N–H and O–H groups in total. The number of tetrazole rings is 1. The minimum atomic E-state index is 0.485. The Balaban J connectivity index is 2.12. The molecule has 0 saturated carbocycles. The predicted molar refractivity (Wildman–Crippen MR) is 78.4 cm³/mol. The Hall–Kier alpha value is -2.96.